The van der Waals surface area contributed by atoms with Crippen molar-refractivity contribution < 1.29 is 4.79 Å². The molecule has 0 aliphatic heterocycles. The molecule has 0 saturated carbocycles. The lowest BCUT2D eigenvalue weighted by molar-refractivity contribution is 0.102. The number of hydrogen-bond donors (Lipinski definition) is 1. The highest BCUT2D eigenvalue weighted by Crippen LogP contribution is 2.19. The second-order valence-electron chi connectivity index (χ2n) is 6.92. The summed E-state index contributed by atoms with van der Waals surface area (Å²) in [4.78, 5) is 25.1. The first-order valence-electron chi connectivity index (χ1n) is 9.10. The first-order valence-corrected chi connectivity index (χ1v) is 9.92. The van der Waals surface area contributed by atoms with Crippen molar-refractivity contribution in [3.05, 3.63) is 69.5 Å². The standard InChI is InChI=1S/C20H18N6O2S/c1-12(2)11-17-23-24-20(29-17)21-18(27)13-7-9-14(10-8-13)26-19(28)15-5-3-4-6-16(15)22-25-26/h3-10,12H,11H2,1-2H3,(H,21,24,27). The van der Waals surface area contributed by atoms with Gasteiger partial charge in [0.1, 0.15) is 10.5 Å². The maximum Gasteiger partial charge on any atom is 0.282 e. The van der Waals surface area contributed by atoms with Crippen LogP contribution in [0.3, 0.4) is 0 Å². The van der Waals surface area contributed by atoms with E-state index in [1.807, 2.05) is 0 Å². The van der Waals surface area contributed by atoms with E-state index in [2.05, 4.69) is 39.7 Å². The molecule has 0 radical (unpaired) electrons. The average Bonchev–Trinajstić information content (AvgIpc) is 3.14. The summed E-state index contributed by atoms with van der Waals surface area (Å²) in [6, 6.07) is 13.6. The topological polar surface area (TPSA) is 103 Å². The number of aromatic nitrogens is 5. The summed E-state index contributed by atoms with van der Waals surface area (Å²) in [5.41, 5.74) is 1.24. The number of anilines is 1. The van der Waals surface area contributed by atoms with E-state index in [-0.39, 0.29) is 11.5 Å². The van der Waals surface area contributed by atoms with Gasteiger partial charge in [-0.3, -0.25) is 14.9 Å². The quantitative estimate of drug-likeness (QED) is 0.546. The number of hydrogen-bond acceptors (Lipinski definition) is 7. The number of carbonyl (C=O) groups excluding carboxylic acids is 1. The number of amides is 1. The molecule has 29 heavy (non-hydrogen) atoms. The van der Waals surface area contributed by atoms with Crippen LogP contribution in [0.15, 0.2) is 53.3 Å². The summed E-state index contributed by atoms with van der Waals surface area (Å²) in [6.45, 7) is 4.21. The Morgan fingerprint density at radius 1 is 1.07 bits per heavy atom. The van der Waals surface area contributed by atoms with Crippen molar-refractivity contribution in [2.75, 3.05) is 5.32 Å². The highest BCUT2D eigenvalue weighted by molar-refractivity contribution is 7.15. The molecule has 4 aromatic rings. The Balaban J connectivity index is 1.53. The van der Waals surface area contributed by atoms with Gasteiger partial charge in [-0.15, -0.1) is 15.3 Å². The van der Waals surface area contributed by atoms with Gasteiger partial charge >= 0.3 is 0 Å². The molecule has 2 aromatic heterocycles. The number of fused-ring (bicyclic) bond motifs is 1. The van der Waals surface area contributed by atoms with Gasteiger partial charge in [-0.25, -0.2) is 0 Å². The van der Waals surface area contributed by atoms with Crippen molar-refractivity contribution >= 4 is 33.3 Å². The minimum atomic E-state index is -0.291. The van der Waals surface area contributed by atoms with Crippen LogP contribution in [0.4, 0.5) is 5.13 Å². The van der Waals surface area contributed by atoms with Gasteiger partial charge in [0.25, 0.3) is 11.5 Å². The Bertz CT molecular complexity index is 1230. The van der Waals surface area contributed by atoms with E-state index in [9.17, 15) is 9.59 Å². The minimum Gasteiger partial charge on any atom is -0.296 e. The molecule has 0 bridgehead atoms. The Morgan fingerprint density at radius 3 is 2.59 bits per heavy atom. The molecule has 9 heteroatoms. The fraction of sp³-hybridized carbons (Fsp3) is 0.200. The molecule has 0 spiro atoms. The molecule has 8 nitrogen and oxygen atoms in total. The van der Waals surface area contributed by atoms with Gasteiger partial charge in [0.05, 0.1) is 11.1 Å². The lowest BCUT2D eigenvalue weighted by Gasteiger charge is -2.06. The van der Waals surface area contributed by atoms with Crippen molar-refractivity contribution in [3.8, 4) is 5.69 Å². The number of rotatable bonds is 5. The second kappa shape index (κ2) is 7.88. The highest BCUT2D eigenvalue weighted by atomic mass is 32.1. The highest BCUT2D eigenvalue weighted by Gasteiger charge is 2.12. The van der Waals surface area contributed by atoms with Crippen molar-refractivity contribution in [1.29, 1.82) is 0 Å². The van der Waals surface area contributed by atoms with Crippen molar-refractivity contribution in [1.82, 2.24) is 25.2 Å². The summed E-state index contributed by atoms with van der Waals surface area (Å²) in [7, 11) is 0. The normalized spacial score (nSPS) is 11.1. The van der Waals surface area contributed by atoms with Gasteiger partial charge in [-0.1, -0.05) is 42.5 Å². The molecular formula is C20H18N6O2S. The maximum atomic E-state index is 12.6. The first-order chi connectivity index (χ1) is 14.0. The summed E-state index contributed by atoms with van der Waals surface area (Å²) in [5, 5.41) is 20.8. The summed E-state index contributed by atoms with van der Waals surface area (Å²) in [5.74, 6) is 0.182. The molecule has 0 aliphatic rings. The Hall–Kier alpha value is -3.46. The van der Waals surface area contributed by atoms with Gasteiger partial charge in [-0.2, -0.15) is 4.68 Å². The SMILES string of the molecule is CC(C)Cc1nnc(NC(=O)c2ccc(-n3nnc4ccccc4c3=O)cc2)s1. The smallest absolute Gasteiger partial charge is 0.282 e. The minimum absolute atomic E-state index is 0.264. The average molecular weight is 406 g/mol. The second-order valence-corrected chi connectivity index (χ2v) is 7.99. The maximum absolute atomic E-state index is 12.6. The number of nitrogens with one attached hydrogen (secondary N) is 1. The van der Waals surface area contributed by atoms with Gasteiger partial charge in [-0.05, 0) is 42.3 Å². The Labute approximate surface area is 170 Å². The molecule has 0 aliphatic carbocycles. The van der Waals surface area contributed by atoms with Crippen LogP contribution in [0.2, 0.25) is 0 Å². The van der Waals surface area contributed by atoms with Crippen molar-refractivity contribution in [3.63, 3.8) is 0 Å². The molecule has 0 fully saturated rings. The summed E-state index contributed by atoms with van der Waals surface area (Å²) < 4.78 is 1.22. The third kappa shape index (κ3) is 4.04. The molecule has 1 amide bonds. The fourth-order valence-electron chi connectivity index (χ4n) is 2.82. The third-order valence-electron chi connectivity index (χ3n) is 4.21. The number of nitrogens with zero attached hydrogens (tertiary/aromatic N) is 5. The summed E-state index contributed by atoms with van der Waals surface area (Å²) >= 11 is 1.37. The lowest BCUT2D eigenvalue weighted by atomic mass is 10.1. The molecule has 2 heterocycles. The molecule has 1 N–H and O–H groups in total. The van der Waals surface area contributed by atoms with Gasteiger partial charge < -0.3 is 0 Å². The van der Waals surface area contributed by atoms with E-state index in [1.54, 1.807) is 48.5 Å². The van der Waals surface area contributed by atoms with Crippen LogP contribution in [-0.2, 0) is 6.42 Å². The van der Waals surface area contributed by atoms with E-state index < -0.39 is 0 Å². The van der Waals surface area contributed by atoms with E-state index in [0.29, 0.717) is 33.2 Å². The summed E-state index contributed by atoms with van der Waals surface area (Å²) in [6.07, 6.45) is 0.823. The van der Waals surface area contributed by atoms with E-state index in [1.165, 1.54) is 16.0 Å². The molecule has 0 unspecified atom stereocenters. The fourth-order valence-corrected chi connectivity index (χ4v) is 3.76. The monoisotopic (exact) mass is 406 g/mol. The molecule has 0 saturated heterocycles. The Morgan fingerprint density at radius 2 is 1.83 bits per heavy atom. The zero-order valence-electron chi connectivity index (χ0n) is 15.9. The van der Waals surface area contributed by atoms with Gasteiger partial charge in [0.2, 0.25) is 5.13 Å². The van der Waals surface area contributed by atoms with Crippen molar-refractivity contribution in [2.45, 2.75) is 20.3 Å². The van der Waals surface area contributed by atoms with E-state index in [4.69, 9.17) is 0 Å². The van der Waals surface area contributed by atoms with Gasteiger partial charge in [0.15, 0.2) is 0 Å². The molecule has 0 atom stereocenters. The third-order valence-corrected chi connectivity index (χ3v) is 5.07. The number of carbonyl (C=O) groups is 1. The van der Waals surface area contributed by atoms with E-state index >= 15 is 0 Å². The van der Waals surface area contributed by atoms with Gasteiger partial charge in [0, 0.05) is 12.0 Å². The molecular weight excluding hydrogens is 388 g/mol. The zero-order valence-corrected chi connectivity index (χ0v) is 16.7. The van der Waals surface area contributed by atoms with E-state index in [0.717, 1.165) is 11.4 Å². The van der Waals surface area contributed by atoms with Crippen LogP contribution in [0.5, 0.6) is 0 Å². The molecule has 146 valence electrons. The molecule has 2 aromatic carbocycles. The lowest BCUT2D eigenvalue weighted by Crippen LogP contribution is -2.22. The zero-order chi connectivity index (χ0) is 20.4. The van der Waals surface area contributed by atoms with Crippen LogP contribution in [0.1, 0.15) is 29.2 Å². The van der Waals surface area contributed by atoms with Crippen LogP contribution in [0.25, 0.3) is 16.6 Å². The van der Waals surface area contributed by atoms with Crippen LogP contribution in [-0.4, -0.2) is 31.1 Å². The first kappa shape index (κ1) is 18.9. The van der Waals surface area contributed by atoms with Crippen LogP contribution >= 0.6 is 11.3 Å². The van der Waals surface area contributed by atoms with Crippen molar-refractivity contribution in [2.24, 2.45) is 5.92 Å². The largest absolute Gasteiger partial charge is 0.296 e. The molecule has 4 rings (SSSR count). The predicted molar refractivity (Wildman–Crippen MR) is 112 cm³/mol. The van der Waals surface area contributed by atoms with Crippen LogP contribution in [0, 0.1) is 5.92 Å². The number of benzene rings is 2. The predicted octanol–water partition coefficient (Wildman–Crippen LogP) is 3.08. The van der Waals surface area contributed by atoms with Crippen LogP contribution < -0.4 is 10.9 Å². The Kier molecular flexibility index (Phi) is 5.13.